The van der Waals surface area contributed by atoms with Crippen molar-refractivity contribution in [2.75, 3.05) is 13.7 Å². The summed E-state index contributed by atoms with van der Waals surface area (Å²) in [5.41, 5.74) is -0.328. The Hall–Kier alpha value is -0.570. The Kier molecular flexibility index (Phi) is 2.77. The number of hydrogen-bond donors (Lipinski definition) is 1. The fourth-order valence-corrected chi connectivity index (χ4v) is 2.70. The summed E-state index contributed by atoms with van der Waals surface area (Å²) in [5, 5.41) is 3.41. The molecular formula is C11H19NO2. The highest BCUT2D eigenvalue weighted by Crippen LogP contribution is 2.41. The molecule has 2 fully saturated rings. The Labute approximate surface area is 85.2 Å². The first kappa shape index (κ1) is 9.97. The number of ether oxygens (including phenoxy) is 1. The largest absolute Gasteiger partial charge is 0.468 e. The fraction of sp³-hybridized carbons (Fsp3) is 0.909. The molecule has 80 valence electrons. The van der Waals surface area contributed by atoms with Crippen LogP contribution in [-0.2, 0) is 9.53 Å². The van der Waals surface area contributed by atoms with Crippen molar-refractivity contribution in [3.05, 3.63) is 0 Å². The second-order valence-corrected chi connectivity index (χ2v) is 4.47. The summed E-state index contributed by atoms with van der Waals surface area (Å²) in [6.45, 7) is 0.964. The molecule has 2 rings (SSSR count). The van der Waals surface area contributed by atoms with Crippen molar-refractivity contribution in [2.45, 2.75) is 44.1 Å². The first-order valence-corrected chi connectivity index (χ1v) is 5.63. The van der Waals surface area contributed by atoms with Crippen molar-refractivity contribution in [1.82, 2.24) is 5.32 Å². The van der Waals surface area contributed by atoms with E-state index in [-0.39, 0.29) is 11.5 Å². The predicted octanol–water partition coefficient (Wildman–Crippen LogP) is 1.47. The van der Waals surface area contributed by atoms with Crippen LogP contribution in [-0.4, -0.2) is 25.2 Å². The van der Waals surface area contributed by atoms with Crippen LogP contribution in [0.15, 0.2) is 0 Å². The van der Waals surface area contributed by atoms with E-state index >= 15 is 0 Å². The van der Waals surface area contributed by atoms with Gasteiger partial charge >= 0.3 is 5.97 Å². The maximum absolute atomic E-state index is 11.8. The van der Waals surface area contributed by atoms with Crippen molar-refractivity contribution in [3.8, 4) is 0 Å². The lowest BCUT2D eigenvalue weighted by molar-refractivity contribution is -0.154. The molecule has 0 aromatic heterocycles. The molecule has 1 atom stereocenters. The zero-order valence-corrected chi connectivity index (χ0v) is 8.84. The summed E-state index contributed by atoms with van der Waals surface area (Å²) < 4.78 is 4.95. The summed E-state index contributed by atoms with van der Waals surface area (Å²) in [6.07, 6.45) is 6.93. The monoisotopic (exact) mass is 197 g/mol. The average Bonchev–Trinajstić information content (AvgIpc) is 2.15. The van der Waals surface area contributed by atoms with Gasteiger partial charge in [-0.2, -0.15) is 0 Å². The number of rotatable bonds is 2. The van der Waals surface area contributed by atoms with Gasteiger partial charge < -0.3 is 10.1 Å². The van der Waals surface area contributed by atoms with Gasteiger partial charge in [-0.15, -0.1) is 0 Å². The molecule has 1 N–H and O–H groups in total. The quantitative estimate of drug-likeness (QED) is 0.681. The van der Waals surface area contributed by atoms with Crippen LogP contribution in [0.25, 0.3) is 0 Å². The summed E-state index contributed by atoms with van der Waals surface area (Å²) in [4.78, 5) is 11.8. The van der Waals surface area contributed by atoms with Gasteiger partial charge in [0.15, 0.2) is 0 Å². The molecule has 1 aliphatic carbocycles. The van der Waals surface area contributed by atoms with Gasteiger partial charge in [0.25, 0.3) is 0 Å². The number of nitrogens with one attached hydrogen (secondary N) is 1. The van der Waals surface area contributed by atoms with Crippen LogP contribution in [0.3, 0.4) is 0 Å². The SMILES string of the molecule is COC(=O)C1(C2CCC2)CCCCN1. The molecule has 0 radical (unpaired) electrons. The topological polar surface area (TPSA) is 38.3 Å². The Bertz CT molecular complexity index is 217. The van der Waals surface area contributed by atoms with Crippen LogP contribution < -0.4 is 5.32 Å². The highest BCUT2D eigenvalue weighted by Gasteiger charge is 2.49. The Balaban J connectivity index is 2.13. The third kappa shape index (κ3) is 1.44. The predicted molar refractivity (Wildman–Crippen MR) is 53.9 cm³/mol. The number of carbonyl (C=O) groups excluding carboxylic acids is 1. The van der Waals surface area contributed by atoms with Crippen LogP contribution in [0.2, 0.25) is 0 Å². The zero-order chi connectivity index (χ0) is 10.0. The average molecular weight is 197 g/mol. The maximum atomic E-state index is 11.8. The summed E-state index contributed by atoms with van der Waals surface area (Å²) in [5.74, 6) is 0.483. The van der Waals surface area contributed by atoms with Crippen LogP contribution in [0, 0.1) is 5.92 Å². The van der Waals surface area contributed by atoms with E-state index in [1.807, 2.05) is 0 Å². The van der Waals surface area contributed by atoms with E-state index in [1.54, 1.807) is 0 Å². The van der Waals surface area contributed by atoms with E-state index in [2.05, 4.69) is 5.32 Å². The second-order valence-electron chi connectivity index (χ2n) is 4.47. The third-order valence-electron chi connectivity index (χ3n) is 3.79. The van der Waals surface area contributed by atoms with Crippen LogP contribution >= 0.6 is 0 Å². The molecular weight excluding hydrogens is 178 g/mol. The Morgan fingerprint density at radius 1 is 1.36 bits per heavy atom. The van der Waals surface area contributed by atoms with E-state index in [9.17, 15) is 4.79 Å². The number of methoxy groups -OCH3 is 1. The molecule has 1 saturated heterocycles. The minimum Gasteiger partial charge on any atom is -0.468 e. The van der Waals surface area contributed by atoms with Crippen molar-refractivity contribution in [1.29, 1.82) is 0 Å². The normalized spacial score (nSPS) is 33.5. The van der Waals surface area contributed by atoms with Gasteiger partial charge in [0.1, 0.15) is 5.54 Å². The molecule has 0 spiro atoms. The van der Waals surface area contributed by atoms with Gasteiger partial charge in [-0.25, -0.2) is 0 Å². The molecule has 1 saturated carbocycles. The lowest BCUT2D eigenvalue weighted by atomic mass is 9.67. The van der Waals surface area contributed by atoms with Gasteiger partial charge in [0.2, 0.25) is 0 Å². The summed E-state index contributed by atoms with van der Waals surface area (Å²) in [7, 11) is 1.50. The van der Waals surface area contributed by atoms with E-state index in [0.717, 1.165) is 19.4 Å². The maximum Gasteiger partial charge on any atom is 0.326 e. The van der Waals surface area contributed by atoms with Gasteiger partial charge in [0, 0.05) is 0 Å². The first-order valence-electron chi connectivity index (χ1n) is 5.63. The van der Waals surface area contributed by atoms with E-state index in [0.29, 0.717) is 5.92 Å². The number of piperidine rings is 1. The van der Waals surface area contributed by atoms with Crippen molar-refractivity contribution >= 4 is 5.97 Å². The van der Waals surface area contributed by atoms with Gasteiger partial charge in [0.05, 0.1) is 7.11 Å². The molecule has 1 aliphatic heterocycles. The number of carbonyl (C=O) groups is 1. The van der Waals surface area contributed by atoms with Crippen molar-refractivity contribution in [2.24, 2.45) is 5.92 Å². The van der Waals surface area contributed by atoms with E-state index < -0.39 is 0 Å². The van der Waals surface area contributed by atoms with Gasteiger partial charge in [-0.3, -0.25) is 4.79 Å². The van der Waals surface area contributed by atoms with Crippen LogP contribution in [0.1, 0.15) is 38.5 Å². The molecule has 0 aromatic rings. The fourth-order valence-electron chi connectivity index (χ4n) is 2.70. The van der Waals surface area contributed by atoms with Crippen LogP contribution in [0.4, 0.5) is 0 Å². The lowest BCUT2D eigenvalue weighted by Crippen LogP contribution is -2.61. The van der Waals surface area contributed by atoms with Crippen molar-refractivity contribution in [3.63, 3.8) is 0 Å². The molecule has 2 aliphatic rings. The van der Waals surface area contributed by atoms with E-state index in [4.69, 9.17) is 4.74 Å². The smallest absolute Gasteiger partial charge is 0.326 e. The summed E-state index contributed by atoms with van der Waals surface area (Å²) in [6, 6.07) is 0. The molecule has 1 heterocycles. The van der Waals surface area contributed by atoms with Crippen LogP contribution in [0.5, 0.6) is 0 Å². The third-order valence-corrected chi connectivity index (χ3v) is 3.79. The minimum atomic E-state index is -0.328. The lowest BCUT2D eigenvalue weighted by Gasteiger charge is -2.45. The van der Waals surface area contributed by atoms with E-state index in [1.165, 1.54) is 32.8 Å². The van der Waals surface area contributed by atoms with Gasteiger partial charge in [-0.05, 0) is 44.6 Å². The highest BCUT2D eigenvalue weighted by atomic mass is 16.5. The molecule has 3 nitrogen and oxygen atoms in total. The minimum absolute atomic E-state index is 0.0399. The summed E-state index contributed by atoms with van der Waals surface area (Å²) >= 11 is 0. The highest BCUT2D eigenvalue weighted by molar-refractivity contribution is 5.81. The molecule has 14 heavy (non-hydrogen) atoms. The second kappa shape index (κ2) is 3.89. The molecule has 0 bridgehead atoms. The number of esters is 1. The standard InChI is InChI=1S/C11H19NO2/c1-14-10(13)11(9-5-4-6-9)7-2-3-8-12-11/h9,12H,2-8H2,1H3. The molecule has 0 amide bonds. The molecule has 0 aromatic carbocycles. The molecule has 1 unspecified atom stereocenters. The Morgan fingerprint density at radius 3 is 2.57 bits per heavy atom. The Morgan fingerprint density at radius 2 is 2.14 bits per heavy atom. The van der Waals surface area contributed by atoms with Crippen molar-refractivity contribution < 1.29 is 9.53 Å². The van der Waals surface area contributed by atoms with Gasteiger partial charge in [-0.1, -0.05) is 6.42 Å². The molecule has 3 heteroatoms. The number of hydrogen-bond acceptors (Lipinski definition) is 3. The zero-order valence-electron chi connectivity index (χ0n) is 8.84. The first-order chi connectivity index (χ1) is 6.79.